The van der Waals surface area contributed by atoms with Crippen LogP contribution < -0.4 is 15.0 Å². The third kappa shape index (κ3) is 2.50. The molecule has 7 heteroatoms. The first-order valence-corrected chi connectivity index (χ1v) is 6.91. The molecule has 1 aliphatic heterocycles. The van der Waals surface area contributed by atoms with Gasteiger partial charge in [0.1, 0.15) is 5.82 Å². The summed E-state index contributed by atoms with van der Waals surface area (Å²) in [6.45, 7) is 1.39. The lowest BCUT2D eigenvalue weighted by Crippen LogP contribution is -2.60. The number of carbonyl (C=O) groups is 2. The van der Waals surface area contributed by atoms with E-state index in [0.29, 0.717) is 17.3 Å². The van der Waals surface area contributed by atoms with E-state index in [1.54, 1.807) is 12.1 Å². The number of pyridine rings is 1. The van der Waals surface area contributed by atoms with Crippen LogP contribution in [-0.4, -0.2) is 29.4 Å². The topological polar surface area (TPSA) is 71.5 Å². The second kappa shape index (κ2) is 5.35. The average Bonchev–Trinajstić information content (AvgIpc) is 2.55. The fourth-order valence-corrected chi connectivity index (χ4v) is 2.32. The number of fused-ring (bicyclic) bond motifs is 1. The van der Waals surface area contributed by atoms with Crippen LogP contribution in [0.2, 0.25) is 0 Å². The van der Waals surface area contributed by atoms with E-state index >= 15 is 0 Å². The molecule has 0 saturated heterocycles. The molecule has 0 fully saturated rings. The monoisotopic (exact) mass is 315 g/mol. The summed E-state index contributed by atoms with van der Waals surface area (Å²) in [6.07, 6.45) is 1.53. The van der Waals surface area contributed by atoms with Gasteiger partial charge in [0.25, 0.3) is 17.4 Å². The fourth-order valence-electron chi connectivity index (χ4n) is 2.32. The van der Waals surface area contributed by atoms with Gasteiger partial charge in [-0.25, -0.2) is 9.37 Å². The van der Waals surface area contributed by atoms with Gasteiger partial charge in [0.15, 0.2) is 11.6 Å². The molecular weight excluding hydrogens is 301 g/mol. The summed E-state index contributed by atoms with van der Waals surface area (Å²) >= 11 is 0. The lowest BCUT2D eigenvalue weighted by Gasteiger charge is -2.36. The summed E-state index contributed by atoms with van der Waals surface area (Å²) in [4.78, 5) is 30.4. The van der Waals surface area contributed by atoms with Crippen molar-refractivity contribution in [3.63, 3.8) is 0 Å². The van der Waals surface area contributed by atoms with Gasteiger partial charge in [-0.15, -0.1) is 0 Å². The molecule has 2 heterocycles. The van der Waals surface area contributed by atoms with E-state index in [4.69, 9.17) is 4.74 Å². The Balaban J connectivity index is 1.90. The van der Waals surface area contributed by atoms with Gasteiger partial charge in [0.05, 0.1) is 0 Å². The van der Waals surface area contributed by atoms with Crippen LogP contribution in [0.25, 0.3) is 0 Å². The molecule has 0 radical (unpaired) electrons. The molecule has 1 aliphatic rings. The smallest absolute Gasteiger partial charge is 0.281 e. The molecule has 6 nitrogen and oxygen atoms in total. The highest BCUT2D eigenvalue weighted by molar-refractivity contribution is 6.19. The van der Waals surface area contributed by atoms with Crippen LogP contribution in [0.5, 0.6) is 5.75 Å². The minimum absolute atomic E-state index is 0.339. The van der Waals surface area contributed by atoms with Crippen LogP contribution in [0.3, 0.4) is 0 Å². The van der Waals surface area contributed by atoms with Crippen molar-refractivity contribution in [1.29, 1.82) is 0 Å². The number of benzene rings is 1. The van der Waals surface area contributed by atoms with Crippen LogP contribution in [-0.2, 0) is 9.59 Å². The van der Waals surface area contributed by atoms with Crippen LogP contribution >= 0.6 is 0 Å². The zero-order chi connectivity index (χ0) is 16.6. The normalized spacial score (nSPS) is 19.8. The summed E-state index contributed by atoms with van der Waals surface area (Å²) in [6, 6.07) is 8.53. The molecule has 1 aromatic heterocycles. The van der Waals surface area contributed by atoms with Gasteiger partial charge in [0.2, 0.25) is 0 Å². The number of nitrogens with zero attached hydrogens (tertiary/aromatic N) is 2. The standard InChI is InChI=1S/C16H14FN3O3/c1-16(14(21)19-11-7-5-10(17)6-8-11)15(22)20(2)13-12(23-16)4-3-9-18-13/h3-9H,1-2H3,(H,19,21)/t16-/m0/s1. The molecule has 3 rings (SSSR count). The van der Waals surface area contributed by atoms with E-state index in [2.05, 4.69) is 10.3 Å². The highest BCUT2D eigenvalue weighted by atomic mass is 19.1. The van der Waals surface area contributed by atoms with Crippen LogP contribution in [0.15, 0.2) is 42.6 Å². The van der Waals surface area contributed by atoms with Crippen molar-refractivity contribution in [3.05, 3.63) is 48.4 Å². The predicted molar refractivity (Wildman–Crippen MR) is 81.7 cm³/mol. The Morgan fingerprint density at radius 3 is 2.70 bits per heavy atom. The molecule has 2 aromatic rings. The van der Waals surface area contributed by atoms with E-state index in [-0.39, 0.29) is 0 Å². The third-order valence-electron chi connectivity index (χ3n) is 3.63. The second-order valence-corrected chi connectivity index (χ2v) is 5.29. The minimum Gasteiger partial charge on any atom is -0.464 e. The van der Waals surface area contributed by atoms with Gasteiger partial charge in [-0.3, -0.25) is 14.5 Å². The number of halogens is 1. The number of amides is 2. The molecule has 1 atom stereocenters. The highest BCUT2D eigenvalue weighted by Gasteiger charge is 2.50. The Labute approximate surface area is 131 Å². The van der Waals surface area contributed by atoms with Crippen molar-refractivity contribution in [2.24, 2.45) is 0 Å². The lowest BCUT2D eigenvalue weighted by atomic mass is 10.0. The van der Waals surface area contributed by atoms with Gasteiger partial charge in [-0.05, 0) is 43.3 Å². The maximum absolute atomic E-state index is 12.9. The van der Waals surface area contributed by atoms with Crippen molar-refractivity contribution in [1.82, 2.24) is 4.98 Å². The molecule has 2 amide bonds. The van der Waals surface area contributed by atoms with Crippen molar-refractivity contribution >= 4 is 23.3 Å². The van der Waals surface area contributed by atoms with Crippen LogP contribution in [0.1, 0.15) is 6.92 Å². The minimum atomic E-state index is -1.74. The third-order valence-corrected chi connectivity index (χ3v) is 3.63. The highest BCUT2D eigenvalue weighted by Crippen LogP contribution is 2.35. The van der Waals surface area contributed by atoms with Crippen molar-refractivity contribution < 1.29 is 18.7 Å². The largest absolute Gasteiger partial charge is 0.464 e. The van der Waals surface area contributed by atoms with Crippen LogP contribution in [0.4, 0.5) is 15.9 Å². The first kappa shape index (κ1) is 15.0. The summed E-state index contributed by atoms with van der Waals surface area (Å²) in [5.41, 5.74) is -1.37. The van der Waals surface area contributed by atoms with Crippen molar-refractivity contribution in [3.8, 4) is 5.75 Å². The number of ether oxygens (including phenoxy) is 1. The number of likely N-dealkylation sites (N-methyl/N-ethyl adjacent to an activating group) is 1. The van der Waals surface area contributed by atoms with E-state index in [1.165, 1.54) is 49.3 Å². The Morgan fingerprint density at radius 1 is 1.30 bits per heavy atom. The quantitative estimate of drug-likeness (QED) is 0.860. The van der Waals surface area contributed by atoms with E-state index in [9.17, 15) is 14.0 Å². The molecule has 0 unspecified atom stereocenters. The average molecular weight is 315 g/mol. The van der Waals surface area contributed by atoms with Gasteiger partial charge >= 0.3 is 0 Å². The fraction of sp³-hybridized carbons (Fsp3) is 0.188. The molecule has 1 aromatic carbocycles. The van der Waals surface area contributed by atoms with E-state index < -0.39 is 23.2 Å². The second-order valence-electron chi connectivity index (χ2n) is 5.29. The Bertz CT molecular complexity index is 778. The van der Waals surface area contributed by atoms with Gasteiger partial charge in [-0.1, -0.05) is 0 Å². The molecule has 0 saturated carbocycles. The summed E-state index contributed by atoms with van der Waals surface area (Å²) in [5, 5.41) is 2.56. The molecule has 118 valence electrons. The van der Waals surface area contributed by atoms with Crippen molar-refractivity contribution in [2.45, 2.75) is 12.5 Å². The lowest BCUT2D eigenvalue weighted by molar-refractivity contribution is -0.145. The number of aromatic nitrogens is 1. The zero-order valence-corrected chi connectivity index (χ0v) is 12.5. The molecule has 0 bridgehead atoms. The molecule has 1 N–H and O–H groups in total. The Morgan fingerprint density at radius 2 is 2.00 bits per heavy atom. The summed E-state index contributed by atoms with van der Waals surface area (Å²) in [7, 11) is 1.53. The predicted octanol–water partition coefficient (Wildman–Crippen LogP) is 1.97. The number of hydrogen-bond acceptors (Lipinski definition) is 4. The van der Waals surface area contributed by atoms with Gasteiger partial charge in [0, 0.05) is 18.9 Å². The first-order chi connectivity index (χ1) is 10.9. The maximum Gasteiger partial charge on any atom is 0.281 e. The van der Waals surface area contributed by atoms with Crippen LogP contribution in [0, 0.1) is 5.82 Å². The molecule has 23 heavy (non-hydrogen) atoms. The number of rotatable bonds is 2. The molecule has 0 aliphatic carbocycles. The maximum atomic E-state index is 12.9. The number of nitrogens with one attached hydrogen (secondary N) is 1. The van der Waals surface area contributed by atoms with Gasteiger partial charge < -0.3 is 10.1 Å². The van der Waals surface area contributed by atoms with E-state index in [0.717, 1.165) is 0 Å². The SMILES string of the molecule is CN1C(=O)[C@](C)(C(=O)Nc2ccc(F)cc2)Oc2cccnc21. The van der Waals surface area contributed by atoms with Gasteiger partial charge in [-0.2, -0.15) is 0 Å². The number of anilines is 2. The zero-order valence-electron chi connectivity index (χ0n) is 12.5. The van der Waals surface area contributed by atoms with Crippen molar-refractivity contribution in [2.75, 3.05) is 17.3 Å². The summed E-state index contributed by atoms with van der Waals surface area (Å²) in [5.74, 6) is -0.909. The molecule has 0 spiro atoms. The Hall–Kier alpha value is -2.96. The number of hydrogen-bond donors (Lipinski definition) is 1. The summed E-state index contributed by atoms with van der Waals surface area (Å²) < 4.78 is 18.5. The number of carbonyl (C=O) groups excluding carboxylic acids is 2. The Kier molecular flexibility index (Phi) is 3.48. The first-order valence-electron chi connectivity index (χ1n) is 6.91. The van der Waals surface area contributed by atoms with E-state index in [1.807, 2.05) is 0 Å². The molecular formula is C16H14FN3O3.